The number of nitrogens with zero attached hydrogens (tertiary/aromatic N) is 1. The number of rotatable bonds is 1. The van der Waals surface area contributed by atoms with Crippen LogP contribution < -0.4 is 0 Å². The van der Waals surface area contributed by atoms with Crippen LogP contribution in [-0.2, 0) is 9.63 Å². The van der Waals surface area contributed by atoms with E-state index < -0.39 is 5.97 Å². The molecule has 0 radical (unpaired) electrons. The van der Waals surface area contributed by atoms with Crippen molar-refractivity contribution in [3.8, 4) is 0 Å². The summed E-state index contributed by atoms with van der Waals surface area (Å²) in [5.74, 6) is -0.469. The first-order chi connectivity index (χ1) is 7.58. The Morgan fingerprint density at radius 2 is 2.12 bits per heavy atom. The lowest BCUT2D eigenvalue weighted by Crippen LogP contribution is -2.01. The average molecular weight is 256 g/mol. The summed E-state index contributed by atoms with van der Waals surface area (Å²) < 4.78 is 0. The summed E-state index contributed by atoms with van der Waals surface area (Å²) in [5.41, 5.74) is 1.65. The fourth-order valence-electron chi connectivity index (χ4n) is 1.29. The monoisotopic (exact) mass is 255 g/mol. The molecule has 0 spiro atoms. The third-order valence-electron chi connectivity index (χ3n) is 2.14. The third kappa shape index (κ3) is 2.10. The molecule has 1 aromatic carbocycles. The second-order valence-corrected chi connectivity index (χ2v) is 4.12. The molecule has 82 valence electrons. The van der Waals surface area contributed by atoms with Crippen LogP contribution in [0, 0.1) is 0 Å². The van der Waals surface area contributed by atoms with Gasteiger partial charge in [-0.15, -0.1) is 0 Å². The van der Waals surface area contributed by atoms with E-state index in [0.717, 1.165) is 0 Å². The van der Waals surface area contributed by atoms with Gasteiger partial charge >= 0.3 is 5.97 Å². The van der Waals surface area contributed by atoms with Crippen molar-refractivity contribution in [2.45, 2.75) is 6.92 Å². The van der Waals surface area contributed by atoms with Crippen molar-refractivity contribution in [3.05, 3.63) is 39.4 Å². The molecular weight excluding hydrogens is 249 g/mol. The Bertz CT molecular complexity index is 521. The Morgan fingerprint density at radius 3 is 2.69 bits per heavy atom. The summed E-state index contributed by atoms with van der Waals surface area (Å²) in [7, 11) is 0. The van der Waals surface area contributed by atoms with Gasteiger partial charge in [0.2, 0.25) is 0 Å². The smallest absolute Gasteiger partial charge is 0.312 e. The maximum atomic E-state index is 11.3. The summed E-state index contributed by atoms with van der Waals surface area (Å²) in [6, 6.07) is 5.05. The highest BCUT2D eigenvalue weighted by Gasteiger charge is 2.21. The molecule has 2 rings (SSSR count). The van der Waals surface area contributed by atoms with E-state index in [2.05, 4.69) is 9.99 Å². The zero-order valence-electron chi connectivity index (χ0n) is 8.33. The minimum absolute atomic E-state index is 0.407. The van der Waals surface area contributed by atoms with Crippen LogP contribution in [0.5, 0.6) is 0 Å². The van der Waals surface area contributed by atoms with Crippen molar-refractivity contribution in [3.63, 3.8) is 0 Å². The van der Waals surface area contributed by atoms with Gasteiger partial charge in [-0.2, -0.15) is 0 Å². The summed E-state index contributed by atoms with van der Waals surface area (Å²) in [4.78, 5) is 15.8. The molecule has 16 heavy (non-hydrogen) atoms. The molecular formula is C11H7Cl2NO2. The van der Waals surface area contributed by atoms with Gasteiger partial charge in [0.25, 0.3) is 0 Å². The number of hydrogen-bond donors (Lipinski definition) is 0. The summed E-state index contributed by atoms with van der Waals surface area (Å²) >= 11 is 11.8. The largest absolute Gasteiger partial charge is 0.367 e. The SMILES string of the molecule is CC1=NOC(=O)/C1=C/c1ccc(Cl)cc1Cl. The zero-order chi connectivity index (χ0) is 11.7. The van der Waals surface area contributed by atoms with Crippen LogP contribution in [0.15, 0.2) is 28.9 Å². The topological polar surface area (TPSA) is 38.7 Å². The van der Waals surface area contributed by atoms with Gasteiger partial charge in [0.15, 0.2) is 0 Å². The van der Waals surface area contributed by atoms with Crippen LogP contribution in [0.4, 0.5) is 0 Å². The number of carbonyl (C=O) groups excluding carboxylic acids is 1. The molecule has 5 heteroatoms. The van der Waals surface area contributed by atoms with E-state index in [1.54, 1.807) is 31.2 Å². The summed E-state index contributed by atoms with van der Waals surface area (Å²) in [6.45, 7) is 1.69. The Labute approximate surface area is 102 Å². The van der Waals surface area contributed by atoms with Gasteiger partial charge in [-0.25, -0.2) is 4.79 Å². The maximum Gasteiger partial charge on any atom is 0.367 e. The lowest BCUT2D eigenvalue weighted by atomic mass is 10.1. The van der Waals surface area contributed by atoms with Gasteiger partial charge < -0.3 is 4.84 Å². The molecule has 1 aliphatic heterocycles. The molecule has 0 bridgehead atoms. The van der Waals surface area contributed by atoms with E-state index in [9.17, 15) is 4.79 Å². The molecule has 0 fully saturated rings. The number of oxime groups is 1. The van der Waals surface area contributed by atoms with Crippen LogP contribution in [0.1, 0.15) is 12.5 Å². The van der Waals surface area contributed by atoms with Crippen LogP contribution in [0.2, 0.25) is 10.0 Å². The summed E-state index contributed by atoms with van der Waals surface area (Å²) in [6.07, 6.45) is 1.63. The molecule has 0 aliphatic carbocycles. The predicted molar refractivity (Wildman–Crippen MR) is 63.6 cm³/mol. The van der Waals surface area contributed by atoms with E-state index in [-0.39, 0.29) is 0 Å². The van der Waals surface area contributed by atoms with Crippen LogP contribution >= 0.6 is 23.2 Å². The maximum absolute atomic E-state index is 11.3. The molecule has 0 N–H and O–H groups in total. The van der Waals surface area contributed by atoms with E-state index in [4.69, 9.17) is 23.2 Å². The Kier molecular flexibility index (Phi) is 2.99. The molecule has 0 amide bonds. The quantitative estimate of drug-likeness (QED) is 0.571. The molecule has 0 saturated carbocycles. The van der Waals surface area contributed by atoms with Gasteiger partial charge in [0.05, 0.1) is 11.3 Å². The Balaban J connectivity index is 2.43. The fourth-order valence-corrected chi connectivity index (χ4v) is 1.76. The highest BCUT2D eigenvalue weighted by atomic mass is 35.5. The van der Waals surface area contributed by atoms with Gasteiger partial charge in [0.1, 0.15) is 0 Å². The summed E-state index contributed by atoms with van der Waals surface area (Å²) in [5, 5.41) is 4.60. The van der Waals surface area contributed by atoms with Crippen LogP contribution in [-0.4, -0.2) is 11.7 Å². The van der Waals surface area contributed by atoms with Crippen molar-refractivity contribution in [2.75, 3.05) is 0 Å². The first kappa shape index (κ1) is 11.2. The first-order valence-electron chi connectivity index (χ1n) is 4.51. The van der Waals surface area contributed by atoms with Crippen molar-refractivity contribution < 1.29 is 9.63 Å². The molecule has 3 nitrogen and oxygen atoms in total. The molecule has 0 atom stereocenters. The highest BCUT2D eigenvalue weighted by molar-refractivity contribution is 6.36. The van der Waals surface area contributed by atoms with Gasteiger partial charge in [0, 0.05) is 10.0 Å². The first-order valence-corrected chi connectivity index (χ1v) is 5.26. The molecule has 0 unspecified atom stereocenters. The third-order valence-corrected chi connectivity index (χ3v) is 2.70. The molecule has 0 saturated heterocycles. The minimum atomic E-state index is -0.469. The van der Waals surface area contributed by atoms with Gasteiger partial charge in [-0.3, -0.25) is 0 Å². The second kappa shape index (κ2) is 4.28. The van der Waals surface area contributed by atoms with Crippen molar-refractivity contribution in [2.24, 2.45) is 5.16 Å². The number of benzene rings is 1. The zero-order valence-corrected chi connectivity index (χ0v) is 9.84. The molecule has 1 heterocycles. The van der Waals surface area contributed by atoms with Gasteiger partial charge in [-0.1, -0.05) is 34.4 Å². The molecule has 0 aromatic heterocycles. The molecule has 1 aromatic rings. The van der Waals surface area contributed by atoms with E-state index in [1.807, 2.05) is 0 Å². The Hall–Kier alpha value is -1.32. The Morgan fingerprint density at radius 1 is 1.38 bits per heavy atom. The van der Waals surface area contributed by atoms with Crippen molar-refractivity contribution >= 4 is 41.0 Å². The minimum Gasteiger partial charge on any atom is -0.312 e. The lowest BCUT2D eigenvalue weighted by molar-refractivity contribution is -0.136. The van der Waals surface area contributed by atoms with Crippen LogP contribution in [0.25, 0.3) is 6.08 Å². The van der Waals surface area contributed by atoms with E-state index >= 15 is 0 Å². The lowest BCUT2D eigenvalue weighted by Gasteiger charge is -1.99. The second-order valence-electron chi connectivity index (χ2n) is 3.28. The normalized spacial score (nSPS) is 17.6. The highest BCUT2D eigenvalue weighted by Crippen LogP contribution is 2.24. The number of halogens is 2. The fraction of sp³-hybridized carbons (Fsp3) is 0.0909. The average Bonchev–Trinajstić information content (AvgIpc) is 2.53. The number of carbonyl (C=O) groups is 1. The van der Waals surface area contributed by atoms with Crippen molar-refractivity contribution in [1.29, 1.82) is 0 Å². The van der Waals surface area contributed by atoms with Gasteiger partial charge in [-0.05, 0) is 30.7 Å². The van der Waals surface area contributed by atoms with E-state index in [1.165, 1.54) is 0 Å². The standard InChI is InChI=1S/C11H7Cl2NO2/c1-6-9(11(15)16-14-6)4-7-2-3-8(12)5-10(7)13/h2-5H,1H3/b9-4+. The number of hydrogen-bond acceptors (Lipinski definition) is 3. The molecule has 1 aliphatic rings. The van der Waals surface area contributed by atoms with Crippen LogP contribution in [0.3, 0.4) is 0 Å². The van der Waals surface area contributed by atoms with E-state index in [0.29, 0.717) is 26.9 Å². The van der Waals surface area contributed by atoms with Crippen molar-refractivity contribution in [1.82, 2.24) is 0 Å². The predicted octanol–water partition coefficient (Wildman–Crippen LogP) is 3.31.